The van der Waals surface area contributed by atoms with Crippen molar-refractivity contribution in [3.8, 4) is 0 Å². The van der Waals surface area contributed by atoms with Gasteiger partial charge >= 0.3 is 0 Å². The van der Waals surface area contributed by atoms with Crippen LogP contribution >= 0.6 is 0 Å². The third-order valence-electron chi connectivity index (χ3n) is 5.01. The lowest BCUT2D eigenvalue weighted by atomic mass is 10.0. The molecular weight excluding hydrogens is 364 g/mol. The Morgan fingerprint density at radius 3 is 2.93 bits per heavy atom. The fourth-order valence-corrected chi connectivity index (χ4v) is 5.07. The highest BCUT2D eigenvalue weighted by Crippen LogP contribution is 2.30. The van der Waals surface area contributed by atoms with Crippen molar-refractivity contribution in [1.29, 1.82) is 0 Å². The van der Waals surface area contributed by atoms with Gasteiger partial charge in [-0.25, -0.2) is 18.1 Å². The normalized spacial score (nSPS) is 20.8. The third kappa shape index (κ3) is 3.47. The Labute approximate surface area is 158 Å². The van der Waals surface area contributed by atoms with Crippen LogP contribution in [-0.2, 0) is 21.8 Å². The number of benzene rings is 1. The molecule has 0 amide bonds. The molecule has 8 heteroatoms. The van der Waals surface area contributed by atoms with Crippen molar-refractivity contribution in [2.75, 3.05) is 6.61 Å². The van der Waals surface area contributed by atoms with Gasteiger partial charge in [-0.3, -0.25) is 4.98 Å². The Morgan fingerprint density at radius 2 is 2.15 bits per heavy atom. The van der Waals surface area contributed by atoms with Gasteiger partial charge in [0.2, 0.25) is 10.0 Å². The van der Waals surface area contributed by atoms with E-state index in [4.69, 9.17) is 4.74 Å². The molecular formula is C19H22N4O3S. The summed E-state index contributed by atoms with van der Waals surface area (Å²) in [4.78, 5) is 8.72. The van der Waals surface area contributed by atoms with Gasteiger partial charge in [0.1, 0.15) is 6.10 Å². The summed E-state index contributed by atoms with van der Waals surface area (Å²) in [5.41, 5.74) is 2.61. The van der Waals surface area contributed by atoms with E-state index in [-0.39, 0.29) is 17.0 Å². The van der Waals surface area contributed by atoms with Crippen LogP contribution in [0, 0.1) is 6.92 Å². The molecule has 3 aromatic rings. The van der Waals surface area contributed by atoms with E-state index in [9.17, 15) is 8.42 Å². The fourth-order valence-electron chi connectivity index (χ4n) is 3.59. The standard InChI is InChI=1S/C19H22N4O3S/c1-13-5-6-18(15-4-3-8-21-19(13)15)27(24,25)22-14-7-9-26-17(10-14)16-11-20-12-23(16)2/h3-6,8,11-12,14,17,22H,7,9-10H2,1-2H3/t14-,17+/m0/s1. The topological polar surface area (TPSA) is 86.1 Å². The molecule has 1 fully saturated rings. The molecule has 7 nitrogen and oxygen atoms in total. The van der Waals surface area contributed by atoms with Gasteiger partial charge in [0, 0.05) is 31.3 Å². The van der Waals surface area contributed by atoms with Gasteiger partial charge in [-0.1, -0.05) is 6.07 Å². The van der Waals surface area contributed by atoms with Crippen LogP contribution in [0.25, 0.3) is 10.9 Å². The van der Waals surface area contributed by atoms with E-state index in [0.717, 1.165) is 11.3 Å². The number of pyridine rings is 1. The van der Waals surface area contributed by atoms with Crippen LogP contribution in [0.3, 0.4) is 0 Å². The Morgan fingerprint density at radius 1 is 1.30 bits per heavy atom. The summed E-state index contributed by atoms with van der Waals surface area (Å²) in [5.74, 6) is 0. The van der Waals surface area contributed by atoms with E-state index in [0.29, 0.717) is 30.4 Å². The van der Waals surface area contributed by atoms with Gasteiger partial charge < -0.3 is 9.30 Å². The molecule has 0 aliphatic carbocycles. The largest absolute Gasteiger partial charge is 0.372 e. The van der Waals surface area contributed by atoms with Crippen molar-refractivity contribution >= 4 is 20.9 Å². The molecule has 4 rings (SSSR count). The van der Waals surface area contributed by atoms with Crippen LogP contribution in [0.5, 0.6) is 0 Å². The fraction of sp³-hybridized carbons (Fsp3) is 0.368. The van der Waals surface area contributed by atoms with Gasteiger partial charge in [-0.15, -0.1) is 0 Å². The maximum atomic E-state index is 13.1. The lowest BCUT2D eigenvalue weighted by Crippen LogP contribution is -2.40. The molecule has 27 heavy (non-hydrogen) atoms. The highest BCUT2D eigenvalue weighted by molar-refractivity contribution is 7.89. The zero-order chi connectivity index (χ0) is 19.0. The maximum absolute atomic E-state index is 13.1. The number of nitrogens with zero attached hydrogens (tertiary/aromatic N) is 3. The second-order valence-electron chi connectivity index (χ2n) is 6.91. The molecule has 2 atom stereocenters. The van der Waals surface area contributed by atoms with E-state index in [2.05, 4.69) is 14.7 Å². The predicted molar refractivity (Wildman–Crippen MR) is 102 cm³/mol. The highest BCUT2D eigenvalue weighted by Gasteiger charge is 2.30. The maximum Gasteiger partial charge on any atom is 0.241 e. The molecule has 1 N–H and O–H groups in total. The number of ether oxygens (including phenoxy) is 1. The Bertz CT molecular complexity index is 1080. The molecule has 1 aliphatic heterocycles. The molecule has 1 aromatic carbocycles. The molecule has 0 bridgehead atoms. The van der Waals surface area contributed by atoms with Crippen LogP contribution in [0.4, 0.5) is 0 Å². The molecule has 3 heterocycles. The summed E-state index contributed by atoms with van der Waals surface area (Å²) in [5, 5.41) is 0.639. The first-order valence-electron chi connectivity index (χ1n) is 8.90. The Balaban J connectivity index is 1.61. The highest BCUT2D eigenvalue weighted by atomic mass is 32.2. The summed E-state index contributed by atoms with van der Waals surface area (Å²) in [7, 11) is -1.77. The van der Waals surface area contributed by atoms with Crippen LogP contribution in [-0.4, -0.2) is 35.6 Å². The van der Waals surface area contributed by atoms with Crippen molar-refractivity contribution in [2.24, 2.45) is 7.05 Å². The molecule has 2 aromatic heterocycles. The van der Waals surface area contributed by atoms with E-state index in [1.165, 1.54) is 0 Å². The molecule has 0 unspecified atom stereocenters. The van der Waals surface area contributed by atoms with E-state index in [1.807, 2.05) is 18.5 Å². The van der Waals surface area contributed by atoms with Crippen LogP contribution in [0.15, 0.2) is 47.9 Å². The lowest BCUT2D eigenvalue weighted by Gasteiger charge is -2.30. The minimum Gasteiger partial charge on any atom is -0.372 e. The van der Waals surface area contributed by atoms with Crippen LogP contribution < -0.4 is 4.72 Å². The van der Waals surface area contributed by atoms with Crippen molar-refractivity contribution < 1.29 is 13.2 Å². The van der Waals surface area contributed by atoms with E-state index >= 15 is 0 Å². The zero-order valence-electron chi connectivity index (χ0n) is 15.3. The SMILES string of the molecule is Cc1ccc(S(=O)(=O)N[C@H]2CCO[C@@H](c3cncn3C)C2)c2cccnc12. The quantitative estimate of drug-likeness (QED) is 0.744. The number of nitrogens with one attached hydrogen (secondary N) is 1. The molecule has 1 aliphatic rings. The summed E-state index contributed by atoms with van der Waals surface area (Å²) < 4.78 is 36.8. The van der Waals surface area contributed by atoms with Gasteiger partial charge in [0.25, 0.3) is 0 Å². The molecule has 0 radical (unpaired) electrons. The summed E-state index contributed by atoms with van der Waals surface area (Å²) in [6.45, 7) is 2.43. The molecule has 142 valence electrons. The summed E-state index contributed by atoms with van der Waals surface area (Å²) in [6, 6.07) is 6.81. The second kappa shape index (κ2) is 7.03. The number of aryl methyl sites for hydroxylation is 2. The minimum absolute atomic E-state index is 0.171. The number of hydrogen-bond acceptors (Lipinski definition) is 5. The van der Waals surface area contributed by atoms with Gasteiger partial charge in [0.15, 0.2) is 0 Å². The number of fused-ring (bicyclic) bond motifs is 1. The summed E-state index contributed by atoms with van der Waals surface area (Å²) in [6.07, 6.45) is 6.20. The van der Waals surface area contributed by atoms with Crippen molar-refractivity contribution in [3.05, 3.63) is 54.2 Å². The van der Waals surface area contributed by atoms with Gasteiger partial charge in [-0.2, -0.15) is 0 Å². The van der Waals surface area contributed by atoms with Crippen molar-refractivity contribution in [1.82, 2.24) is 19.3 Å². The third-order valence-corrected chi connectivity index (χ3v) is 6.59. The average Bonchev–Trinajstić information content (AvgIpc) is 3.08. The number of aromatic nitrogens is 3. The van der Waals surface area contributed by atoms with Crippen LogP contribution in [0.1, 0.15) is 30.2 Å². The first-order chi connectivity index (χ1) is 13.0. The zero-order valence-corrected chi connectivity index (χ0v) is 16.1. The molecule has 1 saturated heterocycles. The van der Waals surface area contributed by atoms with E-state index in [1.54, 1.807) is 43.0 Å². The Hall–Kier alpha value is -2.29. The second-order valence-corrected chi connectivity index (χ2v) is 8.59. The van der Waals surface area contributed by atoms with Crippen LogP contribution in [0.2, 0.25) is 0 Å². The van der Waals surface area contributed by atoms with Crippen molar-refractivity contribution in [2.45, 2.75) is 36.8 Å². The average molecular weight is 386 g/mol. The number of sulfonamides is 1. The Kier molecular flexibility index (Phi) is 4.71. The van der Waals surface area contributed by atoms with Crippen molar-refractivity contribution in [3.63, 3.8) is 0 Å². The monoisotopic (exact) mass is 386 g/mol. The lowest BCUT2D eigenvalue weighted by molar-refractivity contribution is -0.0000410. The summed E-state index contributed by atoms with van der Waals surface area (Å²) >= 11 is 0. The smallest absolute Gasteiger partial charge is 0.241 e. The molecule has 0 spiro atoms. The first kappa shape index (κ1) is 18.1. The predicted octanol–water partition coefficient (Wildman–Crippen LogP) is 2.48. The number of rotatable bonds is 4. The van der Waals surface area contributed by atoms with Gasteiger partial charge in [0.05, 0.1) is 28.6 Å². The minimum atomic E-state index is -3.67. The first-order valence-corrected chi connectivity index (χ1v) is 10.4. The van der Waals surface area contributed by atoms with E-state index < -0.39 is 10.0 Å². The van der Waals surface area contributed by atoms with Gasteiger partial charge in [-0.05, 0) is 43.5 Å². The number of imidazole rings is 1. The molecule has 0 saturated carbocycles. The number of hydrogen-bond donors (Lipinski definition) is 1.